The highest BCUT2D eigenvalue weighted by molar-refractivity contribution is 8.02. The summed E-state index contributed by atoms with van der Waals surface area (Å²) in [6, 6.07) is 12.3. The third-order valence-electron chi connectivity index (χ3n) is 2.77. The number of benzene rings is 1. The molecule has 20 heavy (non-hydrogen) atoms. The number of fused-ring (bicyclic) bond motifs is 1. The Morgan fingerprint density at radius 3 is 2.75 bits per heavy atom. The molecule has 0 saturated carbocycles. The summed E-state index contributed by atoms with van der Waals surface area (Å²) in [6.45, 7) is 0. The number of pyridine rings is 1. The van der Waals surface area contributed by atoms with E-state index in [-0.39, 0.29) is 0 Å². The highest BCUT2D eigenvalue weighted by Crippen LogP contribution is 2.31. The van der Waals surface area contributed by atoms with Crippen molar-refractivity contribution in [2.75, 3.05) is 0 Å². The Hall–Kier alpha value is -2.58. The number of ether oxygens (including phenoxy) is 1. The van der Waals surface area contributed by atoms with Crippen LogP contribution in [0.4, 0.5) is 0 Å². The van der Waals surface area contributed by atoms with Gasteiger partial charge in [-0.25, -0.2) is 9.78 Å². The predicted molar refractivity (Wildman–Crippen MR) is 74.6 cm³/mol. The number of nitrogens with zero attached hydrogens (tertiary/aromatic N) is 2. The Labute approximate surface area is 119 Å². The molecule has 0 amide bonds. The van der Waals surface area contributed by atoms with Crippen LogP contribution < -0.4 is 0 Å². The van der Waals surface area contributed by atoms with Crippen molar-refractivity contribution < 1.29 is 9.53 Å². The average Bonchev–Trinajstić information content (AvgIpc) is 2.67. The van der Waals surface area contributed by atoms with E-state index in [1.54, 1.807) is 48.0 Å². The number of carbonyl (C=O) groups is 1. The van der Waals surface area contributed by atoms with Crippen molar-refractivity contribution in [1.82, 2.24) is 4.98 Å². The van der Waals surface area contributed by atoms with E-state index < -0.39 is 5.97 Å². The molecule has 0 saturated heterocycles. The minimum Gasteiger partial charge on any atom is -0.422 e. The minimum absolute atomic E-state index is 0.422. The summed E-state index contributed by atoms with van der Waals surface area (Å²) in [4.78, 5) is 16.2. The van der Waals surface area contributed by atoms with Gasteiger partial charge < -0.3 is 4.74 Å². The van der Waals surface area contributed by atoms with Crippen LogP contribution >= 0.6 is 11.8 Å². The van der Waals surface area contributed by atoms with E-state index in [4.69, 9.17) is 10.00 Å². The van der Waals surface area contributed by atoms with Crippen molar-refractivity contribution in [3.8, 4) is 6.07 Å². The van der Waals surface area contributed by atoms with Crippen LogP contribution in [0.15, 0.2) is 53.0 Å². The second-order valence-corrected chi connectivity index (χ2v) is 4.89. The Bertz CT molecular complexity index is 745. The lowest BCUT2D eigenvalue weighted by molar-refractivity contribution is 0.0689. The van der Waals surface area contributed by atoms with Gasteiger partial charge in [-0.3, -0.25) is 0 Å². The molecule has 0 bridgehead atoms. The van der Waals surface area contributed by atoms with E-state index in [1.807, 2.05) is 6.07 Å². The molecule has 0 atom stereocenters. The minimum atomic E-state index is -0.422. The number of hydrogen-bond donors (Lipinski definition) is 0. The normalized spacial score (nSPS) is 13.6. The maximum atomic E-state index is 12.0. The third-order valence-corrected chi connectivity index (χ3v) is 3.65. The fourth-order valence-corrected chi connectivity index (χ4v) is 2.57. The fraction of sp³-hybridized carbons (Fsp3) is 0. The Morgan fingerprint density at radius 1 is 1.20 bits per heavy atom. The van der Waals surface area contributed by atoms with Crippen LogP contribution in [0.1, 0.15) is 21.5 Å². The van der Waals surface area contributed by atoms with Crippen molar-refractivity contribution in [2.45, 2.75) is 5.03 Å². The molecule has 1 aliphatic heterocycles. The number of thioether (sulfide) groups is 1. The molecule has 2 aromatic rings. The van der Waals surface area contributed by atoms with Gasteiger partial charge >= 0.3 is 5.97 Å². The second kappa shape index (κ2) is 5.19. The maximum absolute atomic E-state index is 12.0. The zero-order valence-corrected chi connectivity index (χ0v) is 11.1. The first-order valence-electron chi connectivity index (χ1n) is 5.82. The summed E-state index contributed by atoms with van der Waals surface area (Å²) in [7, 11) is 0. The number of aromatic nitrogens is 1. The summed E-state index contributed by atoms with van der Waals surface area (Å²) in [5.74, 6) is 0.0381. The van der Waals surface area contributed by atoms with Crippen molar-refractivity contribution in [1.29, 1.82) is 5.26 Å². The molecule has 0 fully saturated rings. The largest absolute Gasteiger partial charge is 0.422 e. The number of esters is 1. The molecular weight excluding hydrogens is 272 g/mol. The Kier molecular flexibility index (Phi) is 3.23. The highest BCUT2D eigenvalue weighted by atomic mass is 32.2. The van der Waals surface area contributed by atoms with E-state index >= 15 is 0 Å². The lowest BCUT2D eigenvalue weighted by Gasteiger charge is -2.06. The monoisotopic (exact) mass is 280 g/mol. The van der Waals surface area contributed by atoms with E-state index in [0.29, 0.717) is 21.9 Å². The van der Waals surface area contributed by atoms with Crippen LogP contribution in [0, 0.1) is 11.3 Å². The zero-order valence-electron chi connectivity index (χ0n) is 10.2. The maximum Gasteiger partial charge on any atom is 0.346 e. The van der Waals surface area contributed by atoms with Gasteiger partial charge in [0, 0.05) is 17.2 Å². The summed E-state index contributed by atoms with van der Waals surface area (Å²) in [5, 5.41) is 11.2. The quantitative estimate of drug-likeness (QED) is 0.750. The van der Waals surface area contributed by atoms with Crippen LogP contribution in [0.3, 0.4) is 0 Å². The number of cyclic esters (lactones) is 1. The summed E-state index contributed by atoms with van der Waals surface area (Å²) in [6.07, 6.45) is 1.64. The predicted octanol–water partition coefficient (Wildman–Crippen LogP) is 3.21. The summed E-state index contributed by atoms with van der Waals surface area (Å²) >= 11 is 1.34. The molecule has 0 radical (unpaired) electrons. The smallest absolute Gasteiger partial charge is 0.346 e. The fourth-order valence-electron chi connectivity index (χ4n) is 1.76. The van der Waals surface area contributed by atoms with Crippen LogP contribution in [-0.2, 0) is 4.74 Å². The Morgan fingerprint density at radius 2 is 2.00 bits per heavy atom. The number of rotatable bonds is 1. The first-order chi connectivity index (χ1) is 9.78. The topological polar surface area (TPSA) is 63.0 Å². The summed E-state index contributed by atoms with van der Waals surface area (Å²) < 4.78 is 5.38. The molecule has 96 valence electrons. The molecule has 0 aliphatic carbocycles. The van der Waals surface area contributed by atoms with E-state index in [9.17, 15) is 4.79 Å². The molecular formula is C15H8N2O2S. The van der Waals surface area contributed by atoms with Gasteiger partial charge in [0.25, 0.3) is 0 Å². The van der Waals surface area contributed by atoms with Crippen LogP contribution in [0.5, 0.6) is 0 Å². The van der Waals surface area contributed by atoms with Gasteiger partial charge in [-0.05, 0) is 36.4 Å². The molecule has 5 heteroatoms. The van der Waals surface area contributed by atoms with Crippen molar-refractivity contribution >= 4 is 23.5 Å². The van der Waals surface area contributed by atoms with E-state index in [0.717, 1.165) is 5.56 Å². The van der Waals surface area contributed by atoms with Crippen molar-refractivity contribution in [2.24, 2.45) is 0 Å². The molecule has 1 aromatic heterocycles. The van der Waals surface area contributed by atoms with Gasteiger partial charge in [-0.2, -0.15) is 5.26 Å². The zero-order chi connectivity index (χ0) is 13.9. The SMILES string of the molecule is N#Cc1ccc(C2=CSc3ncccc3C(=O)O2)cc1. The van der Waals surface area contributed by atoms with Gasteiger partial charge in [0.1, 0.15) is 10.8 Å². The average molecular weight is 280 g/mol. The van der Waals surface area contributed by atoms with Crippen LogP contribution in [-0.4, -0.2) is 11.0 Å². The van der Waals surface area contributed by atoms with Crippen LogP contribution in [0.2, 0.25) is 0 Å². The van der Waals surface area contributed by atoms with E-state index in [1.165, 1.54) is 11.8 Å². The number of carbonyl (C=O) groups excluding carboxylic acids is 1. The molecule has 1 aromatic carbocycles. The number of nitriles is 1. The highest BCUT2D eigenvalue weighted by Gasteiger charge is 2.20. The molecule has 0 spiro atoms. The van der Waals surface area contributed by atoms with Gasteiger partial charge in [0.05, 0.1) is 17.2 Å². The first-order valence-corrected chi connectivity index (χ1v) is 6.70. The van der Waals surface area contributed by atoms with Crippen molar-refractivity contribution in [3.05, 3.63) is 64.7 Å². The molecule has 3 rings (SSSR count). The third kappa shape index (κ3) is 2.29. The Balaban J connectivity index is 1.95. The molecule has 1 aliphatic rings. The van der Waals surface area contributed by atoms with Gasteiger partial charge in [0.15, 0.2) is 0 Å². The second-order valence-electron chi connectivity index (χ2n) is 4.03. The van der Waals surface area contributed by atoms with E-state index in [2.05, 4.69) is 4.98 Å². The molecule has 0 N–H and O–H groups in total. The first kappa shape index (κ1) is 12.5. The van der Waals surface area contributed by atoms with Crippen molar-refractivity contribution in [3.63, 3.8) is 0 Å². The standard InChI is InChI=1S/C15H8N2O2S/c16-8-10-3-5-11(6-4-10)13-9-20-14-12(15(18)19-13)2-1-7-17-14/h1-7,9H. The molecule has 2 heterocycles. The summed E-state index contributed by atoms with van der Waals surface area (Å²) in [5.41, 5.74) is 1.77. The van der Waals surface area contributed by atoms with Gasteiger partial charge in [-0.15, -0.1) is 0 Å². The van der Waals surface area contributed by atoms with Gasteiger partial charge in [-0.1, -0.05) is 11.8 Å². The van der Waals surface area contributed by atoms with Crippen LogP contribution in [0.25, 0.3) is 5.76 Å². The lowest BCUT2D eigenvalue weighted by atomic mass is 10.1. The lowest BCUT2D eigenvalue weighted by Crippen LogP contribution is -2.04. The van der Waals surface area contributed by atoms with Gasteiger partial charge in [0.2, 0.25) is 0 Å². The molecule has 4 nitrogen and oxygen atoms in total. The number of hydrogen-bond acceptors (Lipinski definition) is 5. The molecule has 0 unspecified atom stereocenters.